The third-order valence-corrected chi connectivity index (χ3v) is 1.39. The molecule has 0 saturated heterocycles. The van der Waals surface area contributed by atoms with Crippen molar-refractivity contribution >= 4 is 11.6 Å². The van der Waals surface area contributed by atoms with Gasteiger partial charge in [0, 0.05) is 11.1 Å². The maximum Gasteiger partial charge on any atom is 0.124 e. The van der Waals surface area contributed by atoms with Crippen molar-refractivity contribution in [3.63, 3.8) is 0 Å². The molecule has 0 saturated carbocycles. The Bertz CT molecular complexity index is 228. The number of phenolic OH excluding ortho intramolecular Hbond substituents is 1. The second-order valence-corrected chi connectivity index (χ2v) is 2.51. The fraction of sp³-hybridized carbons (Fsp3) is 0.250. The molecule has 1 aromatic carbocycles. The van der Waals surface area contributed by atoms with Crippen molar-refractivity contribution in [2.24, 2.45) is 0 Å². The highest BCUT2D eigenvalue weighted by Crippen LogP contribution is 2.24. The number of rotatable bonds is 2. The predicted octanol–water partition coefficient (Wildman–Crippen LogP) is 2.44. The Morgan fingerprint density at radius 3 is 2.73 bits per heavy atom. The van der Waals surface area contributed by atoms with Gasteiger partial charge in [-0.3, -0.25) is 0 Å². The van der Waals surface area contributed by atoms with Crippen LogP contribution in [0.25, 0.3) is 0 Å². The van der Waals surface area contributed by atoms with Crippen LogP contribution in [0, 0.1) is 0 Å². The van der Waals surface area contributed by atoms with Crippen LogP contribution in [-0.4, -0.2) is 11.7 Å². The van der Waals surface area contributed by atoms with Gasteiger partial charge in [0.25, 0.3) is 0 Å². The lowest BCUT2D eigenvalue weighted by atomic mass is 10.3. The van der Waals surface area contributed by atoms with Crippen LogP contribution >= 0.6 is 11.6 Å². The van der Waals surface area contributed by atoms with E-state index in [1.54, 1.807) is 6.07 Å². The molecule has 11 heavy (non-hydrogen) atoms. The normalized spacial score (nSPS) is 9.64. The Kier molecular flexibility index (Phi) is 2.60. The maximum absolute atomic E-state index is 9.06. The zero-order valence-electron chi connectivity index (χ0n) is 6.17. The van der Waals surface area contributed by atoms with Gasteiger partial charge in [-0.15, -0.1) is 0 Å². The summed E-state index contributed by atoms with van der Waals surface area (Å²) in [5, 5.41) is 9.54. The fourth-order valence-corrected chi connectivity index (χ4v) is 1.02. The monoisotopic (exact) mass is 172 g/mol. The van der Waals surface area contributed by atoms with Crippen LogP contribution in [0.4, 0.5) is 0 Å². The Morgan fingerprint density at radius 2 is 2.18 bits per heavy atom. The number of aromatic hydroxyl groups is 1. The molecular weight excluding hydrogens is 164 g/mol. The molecule has 0 atom stereocenters. The predicted molar refractivity (Wildman–Crippen MR) is 44.3 cm³/mol. The van der Waals surface area contributed by atoms with Gasteiger partial charge in [0.05, 0.1) is 6.61 Å². The minimum absolute atomic E-state index is 0.126. The molecule has 0 fully saturated rings. The first-order valence-corrected chi connectivity index (χ1v) is 3.72. The van der Waals surface area contributed by atoms with Crippen LogP contribution in [-0.2, 0) is 0 Å². The number of halogens is 1. The lowest BCUT2D eigenvalue weighted by Gasteiger charge is -2.02. The molecule has 60 valence electrons. The number of hydrogen-bond acceptors (Lipinski definition) is 2. The van der Waals surface area contributed by atoms with Crippen LogP contribution in [0.1, 0.15) is 6.92 Å². The van der Waals surface area contributed by atoms with E-state index < -0.39 is 0 Å². The van der Waals surface area contributed by atoms with Gasteiger partial charge in [0.2, 0.25) is 0 Å². The van der Waals surface area contributed by atoms with Crippen LogP contribution in [0.2, 0.25) is 5.02 Å². The van der Waals surface area contributed by atoms with E-state index in [4.69, 9.17) is 21.4 Å². The number of hydrogen-bond donors (Lipinski definition) is 1. The van der Waals surface area contributed by atoms with Gasteiger partial charge >= 0.3 is 0 Å². The molecule has 1 aromatic rings. The highest BCUT2D eigenvalue weighted by molar-refractivity contribution is 6.30. The van der Waals surface area contributed by atoms with E-state index in [0.29, 0.717) is 17.4 Å². The summed E-state index contributed by atoms with van der Waals surface area (Å²) in [7, 11) is 0. The summed E-state index contributed by atoms with van der Waals surface area (Å²) in [6.07, 6.45) is 0. The maximum atomic E-state index is 9.06. The number of ether oxygens (including phenoxy) is 1. The summed E-state index contributed by atoms with van der Waals surface area (Å²) in [6, 6.07) is 4.64. The second kappa shape index (κ2) is 3.49. The van der Waals surface area contributed by atoms with Gasteiger partial charge in [-0.2, -0.15) is 0 Å². The van der Waals surface area contributed by atoms with Gasteiger partial charge in [0.15, 0.2) is 0 Å². The van der Waals surface area contributed by atoms with Crippen molar-refractivity contribution in [2.45, 2.75) is 6.92 Å². The second-order valence-electron chi connectivity index (χ2n) is 2.08. The van der Waals surface area contributed by atoms with Gasteiger partial charge in [-0.25, -0.2) is 0 Å². The summed E-state index contributed by atoms with van der Waals surface area (Å²) >= 11 is 5.65. The van der Waals surface area contributed by atoms with Crippen LogP contribution in [0.5, 0.6) is 11.5 Å². The minimum Gasteiger partial charge on any atom is -0.508 e. The molecule has 3 heteroatoms. The molecule has 0 radical (unpaired) electrons. The third kappa shape index (κ3) is 2.31. The van der Waals surface area contributed by atoms with Gasteiger partial charge in [-0.05, 0) is 19.1 Å². The molecule has 1 rings (SSSR count). The third-order valence-electron chi connectivity index (χ3n) is 1.17. The number of phenols is 1. The average molecular weight is 173 g/mol. The first-order valence-electron chi connectivity index (χ1n) is 3.34. The number of benzene rings is 1. The van der Waals surface area contributed by atoms with E-state index in [0.717, 1.165) is 0 Å². The summed E-state index contributed by atoms with van der Waals surface area (Å²) in [4.78, 5) is 0. The molecule has 0 amide bonds. The van der Waals surface area contributed by atoms with Crippen molar-refractivity contribution in [3.8, 4) is 11.5 Å². The van der Waals surface area contributed by atoms with Gasteiger partial charge in [0.1, 0.15) is 11.5 Å². The highest BCUT2D eigenvalue weighted by atomic mass is 35.5. The highest BCUT2D eigenvalue weighted by Gasteiger charge is 1.97. The molecule has 0 aliphatic heterocycles. The molecular formula is C8H9ClO2. The molecule has 0 aliphatic rings. The average Bonchev–Trinajstić information content (AvgIpc) is 1.85. The first kappa shape index (κ1) is 8.21. The summed E-state index contributed by atoms with van der Waals surface area (Å²) < 4.78 is 5.12. The van der Waals surface area contributed by atoms with Crippen LogP contribution in [0.3, 0.4) is 0 Å². The lowest BCUT2D eigenvalue weighted by molar-refractivity contribution is 0.338. The van der Waals surface area contributed by atoms with Crippen LogP contribution in [0.15, 0.2) is 18.2 Å². The van der Waals surface area contributed by atoms with E-state index in [-0.39, 0.29) is 5.75 Å². The molecule has 2 nitrogen and oxygen atoms in total. The standard InChI is InChI=1S/C8H9ClO2/c1-2-11-8-4-6(9)3-7(10)5-8/h3-5,10H,2H2,1H3. The largest absolute Gasteiger partial charge is 0.508 e. The zero-order valence-corrected chi connectivity index (χ0v) is 6.93. The van der Waals surface area contributed by atoms with Gasteiger partial charge in [-0.1, -0.05) is 11.6 Å². The Labute approximate surface area is 70.4 Å². The van der Waals surface area contributed by atoms with Crippen LogP contribution < -0.4 is 4.74 Å². The first-order chi connectivity index (χ1) is 5.22. The smallest absolute Gasteiger partial charge is 0.124 e. The Morgan fingerprint density at radius 1 is 1.45 bits per heavy atom. The Hall–Kier alpha value is -0.890. The molecule has 0 bridgehead atoms. The molecule has 1 N–H and O–H groups in total. The van der Waals surface area contributed by atoms with E-state index in [1.807, 2.05) is 6.92 Å². The van der Waals surface area contributed by atoms with Crippen molar-refractivity contribution in [2.75, 3.05) is 6.61 Å². The van der Waals surface area contributed by atoms with E-state index in [9.17, 15) is 0 Å². The fourth-order valence-electron chi connectivity index (χ4n) is 0.798. The Balaban J connectivity index is 2.89. The summed E-state index contributed by atoms with van der Waals surface area (Å²) in [5.41, 5.74) is 0. The molecule has 0 unspecified atom stereocenters. The lowest BCUT2D eigenvalue weighted by Crippen LogP contribution is -1.90. The zero-order chi connectivity index (χ0) is 8.27. The van der Waals surface area contributed by atoms with Crippen molar-refractivity contribution in [3.05, 3.63) is 23.2 Å². The topological polar surface area (TPSA) is 29.5 Å². The van der Waals surface area contributed by atoms with E-state index >= 15 is 0 Å². The van der Waals surface area contributed by atoms with Crippen molar-refractivity contribution in [1.82, 2.24) is 0 Å². The summed E-state index contributed by atoms with van der Waals surface area (Å²) in [5.74, 6) is 0.721. The van der Waals surface area contributed by atoms with E-state index in [1.165, 1.54) is 12.1 Å². The quantitative estimate of drug-likeness (QED) is 0.743. The SMILES string of the molecule is CCOc1cc(O)cc(Cl)c1. The van der Waals surface area contributed by atoms with Gasteiger partial charge < -0.3 is 9.84 Å². The van der Waals surface area contributed by atoms with Crippen molar-refractivity contribution in [1.29, 1.82) is 0 Å². The molecule has 0 heterocycles. The molecule has 0 spiro atoms. The molecule has 0 aliphatic carbocycles. The van der Waals surface area contributed by atoms with Crippen molar-refractivity contribution < 1.29 is 9.84 Å². The summed E-state index contributed by atoms with van der Waals surface area (Å²) in [6.45, 7) is 2.44. The minimum atomic E-state index is 0.126. The molecule has 0 aromatic heterocycles. The van der Waals surface area contributed by atoms with E-state index in [2.05, 4.69) is 0 Å².